The smallest absolute Gasteiger partial charge is 0.0462 e. The van der Waals surface area contributed by atoms with E-state index >= 15 is 0 Å². The molecule has 0 saturated carbocycles. The second-order valence-corrected chi connectivity index (χ2v) is 10.2. The maximum atomic E-state index is 2.36. The van der Waals surface area contributed by atoms with E-state index < -0.39 is 0 Å². The van der Waals surface area contributed by atoms with E-state index in [9.17, 15) is 0 Å². The van der Waals surface area contributed by atoms with Crippen LogP contribution in [0.3, 0.4) is 0 Å². The summed E-state index contributed by atoms with van der Waals surface area (Å²) >= 11 is 0. The lowest BCUT2D eigenvalue weighted by molar-refractivity contribution is 0.840. The largest absolute Gasteiger partial charge is 0.311 e. The van der Waals surface area contributed by atoms with Crippen LogP contribution in [0.4, 0.5) is 17.1 Å². The van der Waals surface area contributed by atoms with E-state index in [2.05, 4.69) is 121 Å². The number of benzene rings is 5. The van der Waals surface area contributed by atoms with Gasteiger partial charge in [-0.1, -0.05) is 78.4 Å². The Kier molecular flexibility index (Phi) is 5.03. The summed E-state index contributed by atoms with van der Waals surface area (Å²) in [4.78, 5) is 2.35. The Morgan fingerprint density at radius 2 is 0.750 bits per heavy atom. The minimum absolute atomic E-state index is 1.17. The normalized spacial score (nSPS) is 13.2. The molecule has 0 radical (unpaired) electrons. The predicted molar refractivity (Wildman–Crippen MR) is 152 cm³/mol. The Morgan fingerprint density at radius 1 is 0.389 bits per heavy atom. The van der Waals surface area contributed by atoms with Gasteiger partial charge in [-0.05, 0) is 114 Å². The van der Waals surface area contributed by atoms with Crippen molar-refractivity contribution in [3.63, 3.8) is 0 Å². The molecule has 36 heavy (non-hydrogen) atoms. The van der Waals surface area contributed by atoms with Crippen molar-refractivity contribution in [2.75, 3.05) is 4.90 Å². The lowest BCUT2D eigenvalue weighted by atomic mass is 9.86. The predicted octanol–water partition coefficient (Wildman–Crippen LogP) is 9.00. The Hall–Kier alpha value is -4.10. The number of anilines is 3. The molecule has 5 aromatic rings. The highest BCUT2D eigenvalue weighted by Gasteiger charge is 2.16. The van der Waals surface area contributed by atoms with Crippen molar-refractivity contribution in [2.24, 2.45) is 0 Å². The van der Waals surface area contributed by atoms with Crippen LogP contribution in [0.15, 0.2) is 109 Å². The summed E-state index contributed by atoms with van der Waals surface area (Å²) in [6.07, 6.45) is 4.88. The zero-order valence-electron chi connectivity index (χ0n) is 20.7. The van der Waals surface area contributed by atoms with Crippen molar-refractivity contribution in [1.82, 2.24) is 0 Å². The number of rotatable bonds is 5. The van der Waals surface area contributed by atoms with Gasteiger partial charge in [0.1, 0.15) is 0 Å². The number of fused-ring (bicyclic) bond motifs is 2. The molecule has 0 bridgehead atoms. The van der Waals surface area contributed by atoms with Crippen molar-refractivity contribution >= 4 is 17.1 Å². The maximum absolute atomic E-state index is 2.36. The first-order valence-corrected chi connectivity index (χ1v) is 13.0. The SMILES string of the molecule is Cc1ccc(N(c2ccc(-c3ccc4c(c3)CC4)cc2)c2ccc(-c3ccc4c(c3)CC4)cc2)cc1. The molecule has 0 fully saturated rings. The van der Waals surface area contributed by atoms with Gasteiger partial charge in [0.25, 0.3) is 0 Å². The third-order valence-electron chi connectivity index (χ3n) is 7.95. The fourth-order valence-electron chi connectivity index (χ4n) is 5.50. The van der Waals surface area contributed by atoms with Crippen molar-refractivity contribution in [1.29, 1.82) is 0 Å². The second-order valence-electron chi connectivity index (χ2n) is 10.2. The molecule has 7 rings (SSSR count). The van der Waals surface area contributed by atoms with Crippen LogP contribution >= 0.6 is 0 Å². The van der Waals surface area contributed by atoms with Crippen molar-refractivity contribution in [3.8, 4) is 22.3 Å². The molecule has 174 valence electrons. The molecule has 0 saturated heterocycles. The first-order valence-electron chi connectivity index (χ1n) is 13.0. The van der Waals surface area contributed by atoms with E-state index in [0.717, 1.165) is 0 Å². The van der Waals surface area contributed by atoms with Gasteiger partial charge in [0, 0.05) is 17.1 Å². The molecule has 0 aliphatic heterocycles. The lowest BCUT2D eigenvalue weighted by Gasteiger charge is -2.26. The lowest BCUT2D eigenvalue weighted by Crippen LogP contribution is -2.10. The molecule has 0 spiro atoms. The first kappa shape index (κ1) is 21.2. The van der Waals surface area contributed by atoms with E-state index in [1.807, 2.05) is 0 Å². The summed E-state index contributed by atoms with van der Waals surface area (Å²) < 4.78 is 0. The summed E-state index contributed by atoms with van der Waals surface area (Å²) in [5.41, 5.74) is 16.0. The summed E-state index contributed by atoms with van der Waals surface area (Å²) in [7, 11) is 0. The summed E-state index contributed by atoms with van der Waals surface area (Å²) in [6.45, 7) is 2.14. The Morgan fingerprint density at radius 3 is 1.11 bits per heavy atom. The highest BCUT2D eigenvalue weighted by molar-refractivity contribution is 5.80. The van der Waals surface area contributed by atoms with Crippen molar-refractivity contribution < 1.29 is 0 Å². The van der Waals surface area contributed by atoms with Crippen LogP contribution in [0.1, 0.15) is 27.8 Å². The van der Waals surface area contributed by atoms with Gasteiger partial charge in [0.15, 0.2) is 0 Å². The molecular formula is C35H29N. The van der Waals surface area contributed by atoms with E-state index in [1.165, 1.54) is 92.8 Å². The molecule has 0 amide bonds. The fraction of sp³-hybridized carbons (Fsp3) is 0.143. The highest BCUT2D eigenvalue weighted by Crippen LogP contribution is 2.38. The molecule has 1 nitrogen and oxygen atoms in total. The number of hydrogen-bond acceptors (Lipinski definition) is 1. The molecule has 2 aliphatic rings. The van der Waals surface area contributed by atoms with Crippen LogP contribution in [-0.2, 0) is 25.7 Å². The minimum atomic E-state index is 1.17. The van der Waals surface area contributed by atoms with Crippen LogP contribution in [0.25, 0.3) is 22.3 Å². The van der Waals surface area contributed by atoms with Gasteiger partial charge >= 0.3 is 0 Å². The highest BCUT2D eigenvalue weighted by atomic mass is 15.1. The van der Waals surface area contributed by atoms with Crippen LogP contribution in [-0.4, -0.2) is 0 Å². The fourth-order valence-corrected chi connectivity index (χ4v) is 5.50. The van der Waals surface area contributed by atoms with Crippen LogP contribution in [0, 0.1) is 6.92 Å². The van der Waals surface area contributed by atoms with Crippen LogP contribution in [0.2, 0.25) is 0 Å². The quantitative estimate of drug-likeness (QED) is 0.251. The van der Waals surface area contributed by atoms with Gasteiger partial charge < -0.3 is 4.90 Å². The summed E-state index contributed by atoms with van der Waals surface area (Å²) in [5, 5.41) is 0. The van der Waals surface area contributed by atoms with Gasteiger partial charge in [-0.3, -0.25) is 0 Å². The molecule has 0 aromatic heterocycles. The summed E-state index contributed by atoms with van der Waals surface area (Å²) in [6, 6.07) is 40.7. The molecule has 0 unspecified atom stereocenters. The minimum Gasteiger partial charge on any atom is -0.311 e. The molecule has 5 aromatic carbocycles. The molecule has 2 aliphatic carbocycles. The Labute approximate surface area is 213 Å². The zero-order chi connectivity index (χ0) is 24.1. The first-order chi connectivity index (χ1) is 17.7. The zero-order valence-corrected chi connectivity index (χ0v) is 20.7. The van der Waals surface area contributed by atoms with Crippen LogP contribution in [0.5, 0.6) is 0 Å². The van der Waals surface area contributed by atoms with Gasteiger partial charge in [-0.25, -0.2) is 0 Å². The molecule has 1 heteroatoms. The van der Waals surface area contributed by atoms with E-state index in [-0.39, 0.29) is 0 Å². The van der Waals surface area contributed by atoms with Crippen molar-refractivity contribution in [3.05, 3.63) is 137 Å². The molecule has 0 atom stereocenters. The summed E-state index contributed by atoms with van der Waals surface area (Å²) in [5.74, 6) is 0. The number of aryl methyl sites for hydroxylation is 5. The van der Waals surface area contributed by atoms with Crippen LogP contribution < -0.4 is 4.90 Å². The van der Waals surface area contributed by atoms with Crippen molar-refractivity contribution in [2.45, 2.75) is 32.6 Å². The standard InChI is InChI=1S/C35H29N/c1-24-2-16-33(17-3-24)36(34-18-12-27(13-19-34)31-10-6-25-4-8-29(25)22-31)35-20-14-28(15-21-35)32-11-7-26-5-9-30(26)23-32/h2-3,6-7,10-23H,4-5,8-9H2,1H3. The Balaban J connectivity index is 1.24. The molecule has 0 N–H and O–H groups in total. The third-order valence-corrected chi connectivity index (χ3v) is 7.95. The number of nitrogens with zero attached hydrogens (tertiary/aromatic N) is 1. The Bertz CT molecular complexity index is 1460. The number of hydrogen-bond donors (Lipinski definition) is 0. The van der Waals surface area contributed by atoms with Gasteiger partial charge in [-0.15, -0.1) is 0 Å². The third kappa shape index (κ3) is 3.72. The second kappa shape index (κ2) is 8.53. The average Bonchev–Trinajstić information content (AvgIpc) is 2.88. The van der Waals surface area contributed by atoms with E-state index in [1.54, 1.807) is 0 Å². The van der Waals surface area contributed by atoms with Gasteiger partial charge in [0.05, 0.1) is 0 Å². The monoisotopic (exact) mass is 463 g/mol. The molecular weight excluding hydrogens is 434 g/mol. The van der Waals surface area contributed by atoms with Gasteiger partial charge in [-0.2, -0.15) is 0 Å². The molecule has 0 heterocycles. The van der Waals surface area contributed by atoms with Gasteiger partial charge in [0.2, 0.25) is 0 Å². The van der Waals surface area contributed by atoms with E-state index in [0.29, 0.717) is 0 Å². The average molecular weight is 464 g/mol. The van der Waals surface area contributed by atoms with E-state index in [4.69, 9.17) is 0 Å². The maximum Gasteiger partial charge on any atom is 0.0462 e. The topological polar surface area (TPSA) is 3.24 Å².